The monoisotopic (exact) mass is 110 g/mol. The summed E-state index contributed by atoms with van der Waals surface area (Å²) < 4.78 is 9.19. The van der Waals surface area contributed by atoms with Crippen LogP contribution < -0.4 is 0 Å². The average Bonchev–Trinajstić information content (AvgIpc) is 1.41. The summed E-state index contributed by atoms with van der Waals surface area (Å²) in [5, 5.41) is 0. The molecule has 0 rings (SSSR count). The van der Waals surface area contributed by atoms with E-state index >= 15 is 0 Å². The maximum atomic E-state index is 9.19. The first-order chi connectivity index (χ1) is 2.73. The van der Waals surface area contributed by atoms with Crippen molar-refractivity contribution in [2.75, 3.05) is 6.66 Å². The predicted octanol–water partition coefficient (Wildman–Crippen LogP) is 1.11. The number of hydrogen-bond acceptors (Lipinski definition) is 1. The van der Waals surface area contributed by atoms with Gasteiger partial charge in [-0.1, -0.05) is 13.8 Å². The molecule has 0 radical (unpaired) electrons. The minimum absolute atomic E-state index is 1.27. The van der Waals surface area contributed by atoms with Crippen molar-refractivity contribution in [3.05, 3.63) is 0 Å². The zero-order valence-electron chi connectivity index (χ0n) is 4.36. The summed E-state index contributed by atoms with van der Waals surface area (Å²) in [5.74, 6) is 0. The lowest BCUT2D eigenvalue weighted by atomic mass is 11.0. The van der Waals surface area contributed by atoms with Gasteiger partial charge in [-0.15, -0.1) is 0 Å². The molecule has 2 nitrogen and oxygen atoms in total. The molecule has 1 N–H and O–H groups in total. The third-order valence-corrected chi connectivity index (χ3v) is 0. The van der Waals surface area contributed by atoms with Crippen LogP contribution in [-0.2, 0) is 4.57 Å². The molecule has 0 aliphatic carbocycles. The van der Waals surface area contributed by atoms with Gasteiger partial charge in [-0.3, -0.25) is 4.57 Å². The van der Waals surface area contributed by atoms with Crippen molar-refractivity contribution in [2.45, 2.75) is 13.8 Å². The summed E-state index contributed by atoms with van der Waals surface area (Å²) >= 11 is 0. The lowest BCUT2D eigenvalue weighted by Crippen LogP contribution is -1.35. The van der Waals surface area contributed by atoms with E-state index in [0.717, 1.165) is 0 Å². The van der Waals surface area contributed by atoms with E-state index in [1.807, 2.05) is 13.8 Å². The van der Waals surface area contributed by atoms with Gasteiger partial charge in [0.15, 0.2) is 8.03 Å². The highest BCUT2D eigenvalue weighted by Crippen LogP contribution is 1.99. The number of hydrogen-bond donors (Lipinski definition) is 1. The van der Waals surface area contributed by atoms with E-state index in [1.54, 1.807) is 0 Å². The van der Waals surface area contributed by atoms with E-state index in [2.05, 4.69) is 0 Å². The largest absolute Gasteiger partial charge is 0.346 e. The molecule has 1 atom stereocenters. The Kier molecular flexibility index (Phi) is 14.2. The highest BCUT2D eigenvalue weighted by atomic mass is 31.1. The van der Waals surface area contributed by atoms with Gasteiger partial charge < -0.3 is 4.89 Å². The third kappa shape index (κ3) is 1180. The summed E-state index contributed by atoms with van der Waals surface area (Å²) in [5.41, 5.74) is 0. The van der Waals surface area contributed by atoms with Crippen molar-refractivity contribution >= 4 is 8.03 Å². The van der Waals surface area contributed by atoms with E-state index in [1.165, 1.54) is 6.66 Å². The topological polar surface area (TPSA) is 37.3 Å². The van der Waals surface area contributed by atoms with Crippen molar-refractivity contribution in [2.24, 2.45) is 0 Å². The van der Waals surface area contributed by atoms with Gasteiger partial charge in [-0.05, 0) is 0 Å². The van der Waals surface area contributed by atoms with Crippen LogP contribution in [0.15, 0.2) is 0 Å². The molecule has 0 aromatic rings. The van der Waals surface area contributed by atoms with Crippen molar-refractivity contribution in [3.8, 4) is 0 Å². The standard InChI is InChI=1S/C2H6.CH5O2P/c1-2;1-4(2)3/h1-2H3;4H,1H3,(H,2,3). The van der Waals surface area contributed by atoms with Crippen LogP contribution >= 0.6 is 8.03 Å². The highest BCUT2D eigenvalue weighted by molar-refractivity contribution is 7.36. The molecule has 0 heterocycles. The van der Waals surface area contributed by atoms with Crippen molar-refractivity contribution in [1.29, 1.82) is 0 Å². The number of rotatable bonds is 0. The van der Waals surface area contributed by atoms with Gasteiger partial charge >= 0.3 is 0 Å². The fraction of sp³-hybridized carbons (Fsp3) is 1.00. The first kappa shape index (κ1) is 9.50. The van der Waals surface area contributed by atoms with Gasteiger partial charge in [0.1, 0.15) is 0 Å². The minimum Gasteiger partial charge on any atom is -0.346 e. The Morgan fingerprint density at radius 3 is 1.50 bits per heavy atom. The SMILES string of the molecule is CC.C[PH](=O)O. The second-order valence-electron chi connectivity index (χ2n) is 0.519. The highest BCUT2D eigenvalue weighted by Gasteiger charge is 1.60. The van der Waals surface area contributed by atoms with Crippen LogP contribution in [0.4, 0.5) is 0 Å². The van der Waals surface area contributed by atoms with Gasteiger partial charge in [0.25, 0.3) is 0 Å². The second-order valence-corrected chi connectivity index (χ2v) is 1.56. The normalized spacial score (nSPS) is 11.3. The molecule has 0 saturated carbocycles. The molecular weight excluding hydrogens is 99.0 g/mol. The maximum absolute atomic E-state index is 9.19. The molecule has 0 aliphatic heterocycles. The van der Waals surface area contributed by atoms with E-state index in [-0.39, 0.29) is 0 Å². The van der Waals surface area contributed by atoms with E-state index in [0.29, 0.717) is 0 Å². The molecule has 0 fully saturated rings. The van der Waals surface area contributed by atoms with Crippen molar-refractivity contribution in [1.82, 2.24) is 0 Å². The maximum Gasteiger partial charge on any atom is 0.186 e. The Hall–Kier alpha value is 0.190. The summed E-state index contributed by atoms with van der Waals surface area (Å²) in [6, 6.07) is 0. The molecule has 0 saturated heterocycles. The fourth-order valence-electron chi connectivity index (χ4n) is 0. The average molecular weight is 110 g/mol. The first-order valence-electron chi connectivity index (χ1n) is 1.93. The van der Waals surface area contributed by atoms with Crippen LogP contribution in [0.5, 0.6) is 0 Å². The molecule has 0 aliphatic rings. The van der Waals surface area contributed by atoms with Crippen LogP contribution in [0, 0.1) is 0 Å². The molecule has 0 aromatic heterocycles. The molecular formula is C3H11O2P. The van der Waals surface area contributed by atoms with Gasteiger partial charge in [0.05, 0.1) is 0 Å². The van der Waals surface area contributed by atoms with Gasteiger partial charge in [0.2, 0.25) is 0 Å². The summed E-state index contributed by atoms with van der Waals surface area (Å²) in [4.78, 5) is 7.60. The third-order valence-electron chi connectivity index (χ3n) is 0. The zero-order valence-corrected chi connectivity index (χ0v) is 5.36. The van der Waals surface area contributed by atoms with E-state index < -0.39 is 8.03 Å². The zero-order chi connectivity index (χ0) is 5.58. The molecule has 0 amide bonds. The Labute approximate surface area is 39.1 Å². The molecule has 0 spiro atoms. The van der Waals surface area contributed by atoms with Crippen LogP contribution in [0.25, 0.3) is 0 Å². The van der Waals surface area contributed by atoms with Crippen LogP contribution in [0.3, 0.4) is 0 Å². The Morgan fingerprint density at radius 1 is 1.50 bits per heavy atom. The molecule has 40 valence electrons. The molecule has 6 heavy (non-hydrogen) atoms. The first-order valence-corrected chi connectivity index (χ1v) is 3.78. The molecule has 0 bridgehead atoms. The summed E-state index contributed by atoms with van der Waals surface area (Å²) in [7, 11) is -2.13. The summed E-state index contributed by atoms with van der Waals surface area (Å²) in [6.45, 7) is 5.27. The van der Waals surface area contributed by atoms with Gasteiger partial charge in [-0.2, -0.15) is 0 Å². The molecule has 1 unspecified atom stereocenters. The Bertz CT molecular complexity index is 31.8. The molecule has 0 aromatic carbocycles. The van der Waals surface area contributed by atoms with Crippen LogP contribution in [0.2, 0.25) is 0 Å². The van der Waals surface area contributed by atoms with Gasteiger partial charge in [0, 0.05) is 6.66 Å². The minimum atomic E-state index is -2.13. The van der Waals surface area contributed by atoms with Crippen molar-refractivity contribution < 1.29 is 9.46 Å². The fourth-order valence-corrected chi connectivity index (χ4v) is 0. The predicted molar refractivity (Wildman–Crippen MR) is 28.5 cm³/mol. The second kappa shape index (κ2) is 8.95. The molecule has 3 heteroatoms. The Balaban J connectivity index is 0. The quantitative estimate of drug-likeness (QED) is 0.474. The van der Waals surface area contributed by atoms with Crippen molar-refractivity contribution in [3.63, 3.8) is 0 Å². The Morgan fingerprint density at radius 2 is 1.50 bits per heavy atom. The van der Waals surface area contributed by atoms with Crippen LogP contribution in [-0.4, -0.2) is 11.6 Å². The smallest absolute Gasteiger partial charge is 0.186 e. The van der Waals surface area contributed by atoms with E-state index in [9.17, 15) is 4.57 Å². The van der Waals surface area contributed by atoms with Gasteiger partial charge in [-0.25, -0.2) is 0 Å². The summed E-state index contributed by atoms with van der Waals surface area (Å²) in [6.07, 6.45) is 0. The van der Waals surface area contributed by atoms with Crippen LogP contribution in [0.1, 0.15) is 13.8 Å². The lowest BCUT2D eigenvalue weighted by molar-refractivity contribution is 0.509. The lowest BCUT2D eigenvalue weighted by Gasteiger charge is -1.61. The van der Waals surface area contributed by atoms with E-state index in [4.69, 9.17) is 4.89 Å².